The summed E-state index contributed by atoms with van der Waals surface area (Å²) >= 11 is 0. The van der Waals surface area contributed by atoms with E-state index in [1.54, 1.807) is 0 Å². The first-order valence-electron chi connectivity index (χ1n) is 41.4. The number of amides is 13. The van der Waals surface area contributed by atoms with Crippen molar-refractivity contribution in [1.82, 2.24) is 173 Å². The average Bonchev–Trinajstić information content (AvgIpc) is 1.69. The number of Topliss-reactive ketones (excluding diaryl/α,β-unsaturated/α-hetero) is 1. The van der Waals surface area contributed by atoms with Gasteiger partial charge in [0.2, 0.25) is 88.7 Å². The van der Waals surface area contributed by atoms with Crippen LogP contribution >= 0.6 is 0 Å². The van der Waals surface area contributed by atoms with Crippen LogP contribution in [-0.2, 0) is 113 Å². The van der Waals surface area contributed by atoms with Crippen LogP contribution in [-0.4, -0.2) is 361 Å². The number of imidazole rings is 4. The van der Waals surface area contributed by atoms with Crippen molar-refractivity contribution in [2.75, 3.05) is 178 Å². The minimum atomic E-state index is -0.961. The number of hydrogen-bond donors (Lipinski definition) is 16. The summed E-state index contributed by atoms with van der Waals surface area (Å²) in [5.74, 6) is -12.0. The van der Waals surface area contributed by atoms with Crippen LogP contribution in [0.3, 0.4) is 0 Å². The van der Waals surface area contributed by atoms with Crippen LogP contribution < -0.4 is 106 Å². The Morgan fingerprint density at radius 1 is 0.307 bits per heavy atom. The Morgan fingerprint density at radius 3 is 0.803 bits per heavy atom. The normalized spacial score (nSPS) is 11.1. The second-order valence-electron chi connectivity index (χ2n) is 30.2. The highest BCUT2D eigenvalue weighted by Gasteiger charge is 2.30. The van der Waals surface area contributed by atoms with Crippen molar-refractivity contribution >= 4 is 168 Å². The van der Waals surface area contributed by atoms with E-state index in [1.807, 2.05) is 0 Å². The Kier molecular flexibility index (Phi) is 33.4. The van der Waals surface area contributed by atoms with Gasteiger partial charge in [0.15, 0.2) is 45.3 Å². The van der Waals surface area contributed by atoms with Crippen LogP contribution in [0.2, 0.25) is 0 Å². The number of H-pyrrole nitrogens is 2. The monoisotopic (exact) mass is 1900 g/mol. The molecule has 11 aromatic rings. The van der Waals surface area contributed by atoms with E-state index in [9.17, 15) is 91.1 Å². The molecule has 0 aliphatic rings. The zero-order valence-electron chi connectivity index (χ0n) is 73.2. The molecule has 0 saturated heterocycles. The molecule has 0 unspecified atom stereocenters. The molecule has 0 saturated carbocycles. The number of carbonyl (C=O) groups is 14. The molecule has 724 valence electrons. The molecule has 11 aromatic heterocycles. The Balaban J connectivity index is 0.739. The molecular formula is C75H95N43O19. The highest BCUT2D eigenvalue weighted by atomic mass is 16.2. The SMILES string of the molecule is CC(=O)CN(CCNC(=O)CN(CCNC(=O)CN(CCNC(=O)CN(CCNC(=O)CN(CCNC(=O)CN(CCNC(=O)CN(CCN)C(=O)Cn1ccc(N)nc1=O)C(=O)Cn1cnc2c(=O)[nH]c(N)nc21)C(=O)Cn1ccc(N)nc1=O)C(=O)Cn1cnc2c(N)ncnc21)C(=O)Cn1ccc(N)nc1=O)C(=O)Cn1cnc2c(N)ncnc21)C(=O)Cn1cnc2c(=O)[nH]c(N)nc21. The number of nitrogens with zero attached hydrogens (tertiary/aromatic N) is 27. The predicted molar refractivity (Wildman–Crippen MR) is 477 cm³/mol. The van der Waals surface area contributed by atoms with E-state index in [2.05, 4.69) is 107 Å². The van der Waals surface area contributed by atoms with Gasteiger partial charge >= 0.3 is 17.1 Å². The summed E-state index contributed by atoms with van der Waals surface area (Å²) in [6.45, 7) is -12.6. The zero-order chi connectivity index (χ0) is 98.8. The summed E-state index contributed by atoms with van der Waals surface area (Å²) in [7, 11) is 0. The third kappa shape index (κ3) is 27.5. The number of nitrogens with one attached hydrogen (secondary N) is 8. The van der Waals surface area contributed by atoms with Gasteiger partial charge in [-0.2, -0.15) is 24.9 Å². The maximum absolute atomic E-state index is 14.5. The summed E-state index contributed by atoms with van der Waals surface area (Å²) in [4.78, 5) is 321. The van der Waals surface area contributed by atoms with Crippen molar-refractivity contribution in [3.8, 4) is 0 Å². The lowest BCUT2D eigenvalue weighted by molar-refractivity contribution is -0.138. The summed E-state index contributed by atoms with van der Waals surface area (Å²) in [6, 6.07) is 3.74. The van der Waals surface area contributed by atoms with Gasteiger partial charge in [-0.3, -0.25) is 100 Å². The fourth-order valence-corrected chi connectivity index (χ4v) is 13.4. The molecule has 62 heteroatoms. The molecule has 137 heavy (non-hydrogen) atoms. The lowest BCUT2D eigenvalue weighted by Gasteiger charge is -2.26. The molecule has 0 radical (unpaired) electrons. The summed E-state index contributed by atoms with van der Waals surface area (Å²) < 4.78 is 7.76. The molecule has 24 N–H and O–H groups in total. The molecule has 62 nitrogen and oxygen atoms in total. The minimum absolute atomic E-state index is 0.00355. The number of aromatic amines is 2. The standard InChI is InChI=1S/C75H95N43O19/c1-42(119)22-106(55(129)34-117-40-96-61-67(117)101-71(82)103-69(61)133)16-6-84-49(123)26-109(56(130)32-115-38-94-59-63(80)90-36-92-65(59)115)19-10-88-47(121)24-107(53(127)30-113-13-3-44(78)99-74(113)136)17-7-86-50(124)27-110(57(131)33-116-39-95-60-64(81)91-37-93-66(60)116)20-11-89-48(122)25-108(54(128)31-114-14-4-45(79)100-75(114)137)18-8-87-51(125)28-111(58(132)35-118-41-97-62-68(118)102-72(83)104-70(62)134)21-9-85-46(120)23-105(15-5-76)52(126)29-112-12-2-43(77)98-73(112)135/h2-4,12-14,36-41H,5-11,15-35,76H2,1H3,(H,84,123)(H,85,120)(H,86,124)(H,87,125)(H,88,121)(H,89,122)(H2,77,98,135)(H2,78,99,136)(H2,79,100,137)(H2,80,90,92)(H2,81,91,93)(H3,82,101,103,133)(H3,83,102,104,134). The average molecular weight is 1900 g/mol. The fraction of sp³-hybridized carbons (Fsp3) is 0.387. The molecular weight excluding hydrogens is 1810 g/mol. The predicted octanol–water partition coefficient (Wildman–Crippen LogP) is -14.2. The molecule has 0 aliphatic heterocycles. The van der Waals surface area contributed by atoms with Crippen LogP contribution in [0.4, 0.5) is 41.0 Å². The van der Waals surface area contributed by atoms with E-state index in [-0.39, 0.29) is 131 Å². The van der Waals surface area contributed by atoms with E-state index < -0.39 is 248 Å². The highest BCUT2D eigenvalue weighted by molar-refractivity contribution is 5.92. The first-order valence-corrected chi connectivity index (χ1v) is 41.4. The lowest BCUT2D eigenvalue weighted by atomic mass is 10.3. The fourth-order valence-electron chi connectivity index (χ4n) is 13.4. The number of nitrogens with two attached hydrogens (primary N) is 8. The van der Waals surface area contributed by atoms with Crippen molar-refractivity contribution in [2.24, 2.45) is 5.73 Å². The Hall–Kier alpha value is -18.2. The number of anilines is 7. The van der Waals surface area contributed by atoms with Gasteiger partial charge < -0.3 is 130 Å². The first kappa shape index (κ1) is 99.4. The molecule has 0 aromatic carbocycles. The summed E-state index contributed by atoms with van der Waals surface area (Å²) in [6.07, 6.45) is 10.6. The van der Waals surface area contributed by atoms with Crippen LogP contribution in [0.5, 0.6) is 0 Å². The number of nitrogen functional groups attached to an aromatic ring is 7. The number of aromatic nitrogens is 22. The van der Waals surface area contributed by atoms with E-state index in [0.717, 1.165) is 73.2 Å². The van der Waals surface area contributed by atoms with Gasteiger partial charge in [0.25, 0.3) is 11.1 Å². The molecule has 0 aliphatic carbocycles. The smallest absolute Gasteiger partial charge is 0.349 e. The van der Waals surface area contributed by atoms with Crippen LogP contribution in [0.1, 0.15) is 6.92 Å². The maximum atomic E-state index is 14.5. The summed E-state index contributed by atoms with van der Waals surface area (Å²) in [5.41, 5.74) is 42.3. The highest BCUT2D eigenvalue weighted by Crippen LogP contribution is 2.18. The van der Waals surface area contributed by atoms with Crippen molar-refractivity contribution in [1.29, 1.82) is 0 Å². The van der Waals surface area contributed by atoms with Gasteiger partial charge in [-0.1, -0.05) is 0 Å². The topological polar surface area (TPSA) is 861 Å². The Bertz CT molecular complexity index is 6730. The van der Waals surface area contributed by atoms with Gasteiger partial charge in [0.05, 0.1) is 71.1 Å². The van der Waals surface area contributed by atoms with E-state index in [0.29, 0.717) is 0 Å². The quantitative estimate of drug-likeness (QED) is 0.0168. The molecule has 13 amide bonds. The van der Waals surface area contributed by atoms with Gasteiger partial charge in [-0.15, -0.1) is 0 Å². The molecule has 0 atom stereocenters. The molecule has 11 rings (SSSR count). The number of carbonyl (C=O) groups excluding carboxylic acids is 14. The summed E-state index contributed by atoms with van der Waals surface area (Å²) in [5, 5.41) is 15.5. The molecule has 0 fully saturated rings. The van der Waals surface area contributed by atoms with Crippen molar-refractivity contribution in [3.63, 3.8) is 0 Å². The van der Waals surface area contributed by atoms with Gasteiger partial charge in [0.1, 0.15) is 92.7 Å². The van der Waals surface area contributed by atoms with E-state index in [1.165, 1.54) is 74.8 Å². The van der Waals surface area contributed by atoms with Gasteiger partial charge in [0, 0.05) is 110 Å². The van der Waals surface area contributed by atoms with Crippen molar-refractivity contribution < 1.29 is 67.1 Å². The van der Waals surface area contributed by atoms with Crippen molar-refractivity contribution in [2.45, 2.75) is 52.7 Å². The lowest BCUT2D eigenvalue weighted by Crippen LogP contribution is -2.50. The number of rotatable bonds is 48. The number of ketones is 1. The van der Waals surface area contributed by atoms with E-state index >= 15 is 0 Å². The Morgan fingerprint density at radius 2 is 0.547 bits per heavy atom. The van der Waals surface area contributed by atoms with Gasteiger partial charge in [-0.05, 0) is 25.1 Å². The third-order valence-electron chi connectivity index (χ3n) is 20.2. The van der Waals surface area contributed by atoms with Crippen molar-refractivity contribution in [3.05, 3.63) is 127 Å². The van der Waals surface area contributed by atoms with Crippen LogP contribution in [0.25, 0.3) is 44.7 Å². The third-order valence-corrected chi connectivity index (χ3v) is 20.2. The number of hydrogen-bond acceptors (Lipinski definition) is 40. The second kappa shape index (κ2) is 46.0. The molecule has 11 heterocycles. The van der Waals surface area contributed by atoms with Gasteiger partial charge in [-0.25, -0.2) is 54.3 Å². The number of fused-ring (bicyclic) bond motifs is 4. The van der Waals surface area contributed by atoms with E-state index in [4.69, 9.17) is 45.9 Å². The maximum Gasteiger partial charge on any atom is 0.349 e. The Labute approximate surface area is 768 Å². The first-order chi connectivity index (χ1) is 65.4. The van der Waals surface area contributed by atoms with Crippen LogP contribution in [0.15, 0.2) is 98.7 Å². The zero-order valence-corrected chi connectivity index (χ0v) is 73.2. The van der Waals surface area contributed by atoms with Crippen LogP contribution in [0, 0.1) is 0 Å². The molecule has 0 bridgehead atoms. The minimum Gasteiger partial charge on any atom is -0.383 e. The molecule has 0 spiro atoms. The largest absolute Gasteiger partial charge is 0.383 e. The second-order valence-corrected chi connectivity index (χ2v) is 30.2.